The van der Waals surface area contributed by atoms with Gasteiger partial charge in [-0.1, -0.05) is 36.3 Å². The molecule has 0 aliphatic heterocycles. The van der Waals surface area contributed by atoms with Crippen molar-refractivity contribution in [1.29, 1.82) is 0 Å². The van der Waals surface area contributed by atoms with Crippen LogP contribution in [-0.2, 0) is 16.0 Å². The molecule has 1 saturated carbocycles. The Morgan fingerprint density at radius 3 is 2.84 bits per heavy atom. The number of rotatable bonds is 11. The number of carbonyl (C=O) groups is 2. The van der Waals surface area contributed by atoms with Crippen LogP contribution in [0.3, 0.4) is 0 Å². The number of aliphatic carboxylic acids is 1. The molecule has 2 atom stereocenters. The number of hydrogen-bond donors (Lipinski definition) is 2. The average molecular weight is 436 g/mol. The maximum Gasteiger partial charge on any atom is 0.327 e. The molecule has 0 spiro atoms. The van der Waals surface area contributed by atoms with E-state index in [1.807, 2.05) is 24.3 Å². The molecule has 3 rings (SSSR count). The number of nitrogens with two attached hydrogens (primary N) is 1. The number of hydrogen-bond acceptors (Lipinski definition) is 4. The van der Waals surface area contributed by atoms with Crippen LogP contribution >= 0.6 is 0 Å². The SMILES string of the molecule is CC(=C(N)CCc1cccc(-c2ccco2)c1)[C@H]1CCC(=O)[C@@H]1CCCC/C=C/C(=O)O. The molecule has 170 valence electrons. The standard InChI is InChI=1S/C27H33NO4/c1-19(22-14-16-25(29)23(22)10-4-2-3-5-12-27(30)31)24(28)15-13-20-8-6-9-21(18-20)26-11-7-17-32-26/h5-9,11-12,17-18,22-23H,2-4,10,13-16,28H2,1H3,(H,30,31)/b12-5+,24-19?/t22-,23-/m1/s1. The summed E-state index contributed by atoms with van der Waals surface area (Å²) in [5, 5.41) is 8.65. The molecule has 1 aromatic heterocycles. The summed E-state index contributed by atoms with van der Waals surface area (Å²) in [6.45, 7) is 2.08. The Morgan fingerprint density at radius 1 is 1.25 bits per heavy atom. The zero-order valence-electron chi connectivity index (χ0n) is 18.8. The molecule has 1 heterocycles. The number of unbranched alkanes of at least 4 members (excludes halogenated alkanes) is 2. The number of furan rings is 1. The summed E-state index contributed by atoms with van der Waals surface area (Å²) in [4.78, 5) is 23.0. The van der Waals surface area contributed by atoms with Gasteiger partial charge in [-0.25, -0.2) is 4.79 Å². The predicted molar refractivity (Wildman–Crippen MR) is 126 cm³/mol. The molecule has 5 nitrogen and oxygen atoms in total. The van der Waals surface area contributed by atoms with Gasteiger partial charge in [0.05, 0.1) is 6.26 Å². The second-order valence-electron chi connectivity index (χ2n) is 8.63. The van der Waals surface area contributed by atoms with E-state index in [1.165, 1.54) is 11.6 Å². The van der Waals surface area contributed by atoms with Gasteiger partial charge in [-0.3, -0.25) is 4.79 Å². The first kappa shape index (κ1) is 23.6. The lowest BCUT2D eigenvalue weighted by Gasteiger charge is -2.21. The van der Waals surface area contributed by atoms with Crippen molar-refractivity contribution < 1.29 is 19.1 Å². The fourth-order valence-corrected chi connectivity index (χ4v) is 4.64. The lowest BCUT2D eigenvalue weighted by atomic mass is 9.84. The highest BCUT2D eigenvalue weighted by Crippen LogP contribution is 2.38. The number of allylic oxidation sites excluding steroid dienone is 3. The topological polar surface area (TPSA) is 93.5 Å². The van der Waals surface area contributed by atoms with E-state index in [0.717, 1.165) is 67.5 Å². The second-order valence-corrected chi connectivity index (χ2v) is 8.63. The molecule has 0 saturated heterocycles. The minimum atomic E-state index is -0.917. The minimum absolute atomic E-state index is 0.0410. The van der Waals surface area contributed by atoms with E-state index in [0.29, 0.717) is 12.2 Å². The smallest absolute Gasteiger partial charge is 0.327 e. The second kappa shape index (κ2) is 11.5. The van der Waals surface area contributed by atoms with E-state index >= 15 is 0 Å². The van der Waals surface area contributed by atoms with E-state index in [1.54, 1.807) is 12.3 Å². The summed E-state index contributed by atoms with van der Waals surface area (Å²) in [5.41, 5.74) is 10.8. The molecule has 1 fully saturated rings. The van der Waals surface area contributed by atoms with Gasteiger partial charge >= 0.3 is 5.97 Å². The molecule has 0 unspecified atom stereocenters. The molecule has 0 amide bonds. The van der Waals surface area contributed by atoms with Crippen LogP contribution in [-0.4, -0.2) is 16.9 Å². The Balaban J connectivity index is 1.56. The molecule has 5 heteroatoms. The maximum atomic E-state index is 12.5. The number of carboxylic acid groups (broad SMARTS) is 1. The van der Waals surface area contributed by atoms with Crippen LogP contribution in [0.15, 0.2) is 70.5 Å². The number of Topliss-reactive ketones (excluding diaryl/α,β-unsaturated/α-hetero) is 1. The van der Waals surface area contributed by atoms with Crippen LogP contribution in [0.25, 0.3) is 11.3 Å². The van der Waals surface area contributed by atoms with Gasteiger partial charge in [0, 0.05) is 29.7 Å². The molecular weight excluding hydrogens is 402 g/mol. The van der Waals surface area contributed by atoms with Crippen molar-refractivity contribution in [2.75, 3.05) is 0 Å². The summed E-state index contributed by atoms with van der Waals surface area (Å²) >= 11 is 0. The first-order valence-electron chi connectivity index (χ1n) is 11.5. The molecule has 1 aromatic carbocycles. The number of aryl methyl sites for hydroxylation is 1. The Bertz CT molecular complexity index is 971. The van der Waals surface area contributed by atoms with Gasteiger partial charge in [0.25, 0.3) is 0 Å². The summed E-state index contributed by atoms with van der Waals surface area (Å²) in [7, 11) is 0. The van der Waals surface area contributed by atoms with Crippen molar-refractivity contribution in [3.8, 4) is 11.3 Å². The first-order chi connectivity index (χ1) is 15.5. The average Bonchev–Trinajstić information content (AvgIpc) is 3.44. The third kappa shape index (κ3) is 6.46. The zero-order chi connectivity index (χ0) is 22.9. The summed E-state index contributed by atoms with van der Waals surface area (Å²) in [6, 6.07) is 12.2. The molecular formula is C27H33NO4. The third-order valence-electron chi connectivity index (χ3n) is 6.48. The van der Waals surface area contributed by atoms with Crippen LogP contribution < -0.4 is 5.73 Å². The van der Waals surface area contributed by atoms with E-state index in [2.05, 4.69) is 19.1 Å². The van der Waals surface area contributed by atoms with Gasteiger partial charge in [0.15, 0.2) is 0 Å². The van der Waals surface area contributed by atoms with Crippen molar-refractivity contribution in [3.05, 3.63) is 71.6 Å². The molecule has 0 bridgehead atoms. The van der Waals surface area contributed by atoms with E-state index in [-0.39, 0.29) is 11.8 Å². The Labute approximate surface area is 190 Å². The van der Waals surface area contributed by atoms with Gasteiger partial charge in [-0.05, 0) is 75.1 Å². The van der Waals surface area contributed by atoms with Gasteiger partial charge in [-0.2, -0.15) is 0 Å². The van der Waals surface area contributed by atoms with Crippen LogP contribution in [0.5, 0.6) is 0 Å². The van der Waals surface area contributed by atoms with Crippen molar-refractivity contribution >= 4 is 11.8 Å². The van der Waals surface area contributed by atoms with Crippen molar-refractivity contribution in [3.63, 3.8) is 0 Å². The van der Waals surface area contributed by atoms with E-state index in [9.17, 15) is 9.59 Å². The van der Waals surface area contributed by atoms with Crippen LogP contribution in [0.2, 0.25) is 0 Å². The summed E-state index contributed by atoms with van der Waals surface area (Å²) in [6.07, 6.45) is 11.1. The predicted octanol–water partition coefficient (Wildman–Crippen LogP) is 5.91. The van der Waals surface area contributed by atoms with Gasteiger partial charge in [-0.15, -0.1) is 0 Å². The number of carboxylic acids is 1. The van der Waals surface area contributed by atoms with E-state index in [4.69, 9.17) is 15.3 Å². The molecule has 0 radical (unpaired) electrons. The highest BCUT2D eigenvalue weighted by atomic mass is 16.4. The molecule has 32 heavy (non-hydrogen) atoms. The zero-order valence-corrected chi connectivity index (χ0v) is 18.8. The van der Waals surface area contributed by atoms with Gasteiger partial charge < -0.3 is 15.3 Å². The highest BCUT2D eigenvalue weighted by molar-refractivity contribution is 5.84. The first-order valence-corrected chi connectivity index (χ1v) is 11.5. The molecule has 3 N–H and O–H groups in total. The summed E-state index contributed by atoms with van der Waals surface area (Å²) < 4.78 is 5.50. The Kier molecular flexibility index (Phi) is 8.48. The largest absolute Gasteiger partial charge is 0.478 e. The van der Waals surface area contributed by atoms with E-state index < -0.39 is 5.97 Å². The van der Waals surface area contributed by atoms with Crippen LogP contribution in [0.4, 0.5) is 0 Å². The molecule has 2 aromatic rings. The van der Waals surface area contributed by atoms with Gasteiger partial charge in [0.1, 0.15) is 11.5 Å². The number of carbonyl (C=O) groups excluding carboxylic acids is 1. The fraction of sp³-hybridized carbons (Fsp3) is 0.407. The Morgan fingerprint density at radius 2 is 2.09 bits per heavy atom. The van der Waals surface area contributed by atoms with Crippen LogP contribution in [0.1, 0.15) is 57.4 Å². The molecule has 1 aliphatic carbocycles. The Hall–Kier alpha value is -3.08. The fourth-order valence-electron chi connectivity index (χ4n) is 4.64. The molecule has 1 aliphatic rings. The van der Waals surface area contributed by atoms with Gasteiger partial charge in [0.2, 0.25) is 0 Å². The normalized spacial score (nSPS) is 19.5. The minimum Gasteiger partial charge on any atom is -0.478 e. The van der Waals surface area contributed by atoms with Crippen LogP contribution in [0, 0.1) is 11.8 Å². The number of ketones is 1. The van der Waals surface area contributed by atoms with Crippen molar-refractivity contribution in [2.45, 2.75) is 58.3 Å². The third-order valence-corrected chi connectivity index (χ3v) is 6.48. The lowest BCUT2D eigenvalue weighted by molar-refractivity contribution is -0.131. The maximum absolute atomic E-state index is 12.5. The number of benzene rings is 1. The lowest BCUT2D eigenvalue weighted by Crippen LogP contribution is -2.18. The summed E-state index contributed by atoms with van der Waals surface area (Å²) in [5.74, 6) is 0.553. The monoisotopic (exact) mass is 435 g/mol. The highest BCUT2D eigenvalue weighted by Gasteiger charge is 2.35. The quantitative estimate of drug-likeness (QED) is 0.338. The van der Waals surface area contributed by atoms with Crippen molar-refractivity contribution in [1.82, 2.24) is 0 Å². The van der Waals surface area contributed by atoms with Crippen molar-refractivity contribution in [2.24, 2.45) is 17.6 Å².